The fourth-order valence-electron chi connectivity index (χ4n) is 3.15. The Labute approximate surface area is 170 Å². The zero-order valence-corrected chi connectivity index (χ0v) is 17.1. The maximum absolute atomic E-state index is 12.6. The Morgan fingerprint density at radius 1 is 1.21 bits per heavy atom. The number of carbonyl (C=O) groups excluding carboxylic acids is 2. The van der Waals surface area contributed by atoms with Crippen LogP contribution in [-0.4, -0.2) is 24.2 Å². The molecule has 0 radical (unpaired) electrons. The number of unbranched alkanes of at least 4 members (excludes halogenated alkanes) is 1. The summed E-state index contributed by atoms with van der Waals surface area (Å²) in [6.07, 6.45) is 2.39. The van der Waals surface area contributed by atoms with Crippen LogP contribution in [0.15, 0.2) is 48.5 Å². The van der Waals surface area contributed by atoms with E-state index < -0.39 is 0 Å². The lowest BCUT2D eigenvalue weighted by Gasteiger charge is -2.25. The van der Waals surface area contributed by atoms with Crippen molar-refractivity contribution in [3.05, 3.63) is 54.1 Å². The lowest BCUT2D eigenvalue weighted by Crippen LogP contribution is -2.27. The van der Waals surface area contributed by atoms with E-state index in [-0.39, 0.29) is 17.2 Å². The smallest absolute Gasteiger partial charge is 0.238 e. The fraction of sp³-hybridized carbons (Fsp3) is 0.364. The molecule has 1 N–H and O–H groups in total. The van der Waals surface area contributed by atoms with Crippen molar-refractivity contribution < 1.29 is 14.3 Å². The molecule has 0 aliphatic carbocycles. The number of hydrogen-bond donors (Lipinski definition) is 1. The van der Waals surface area contributed by atoms with Gasteiger partial charge in [-0.2, -0.15) is 0 Å². The Hall–Kier alpha value is -2.47. The van der Waals surface area contributed by atoms with Crippen LogP contribution in [-0.2, 0) is 9.59 Å². The Kier molecular flexibility index (Phi) is 6.98. The quantitative estimate of drug-likeness (QED) is 0.680. The summed E-state index contributed by atoms with van der Waals surface area (Å²) in [6, 6.07) is 15.4. The molecule has 2 aromatic rings. The third-order valence-electron chi connectivity index (χ3n) is 4.51. The molecule has 1 unspecified atom stereocenters. The minimum absolute atomic E-state index is 0.0255. The summed E-state index contributed by atoms with van der Waals surface area (Å²) in [6.45, 7) is 4.62. The van der Waals surface area contributed by atoms with Crippen LogP contribution in [0, 0.1) is 0 Å². The summed E-state index contributed by atoms with van der Waals surface area (Å²) in [5, 5.41) is 2.85. The number of amides is 2. The fourth-order valence-corrected chi connectivity index (χ4v) is 4.32. The number of nitrogens with zero attached hydrogens (tertiary/aromatic N) is 1. The van der Waals surface area contributed by atoms with Crippen molar-refractivity contribution >= 4 is 35.0 Å². The molecule has 0 bridgehead atoms. The second kappa shape index (κ2) is 9.64. The van der Waals surface area contributed by atoms with Gasteiger partial charge in [-0.3, -0.25) is 14.5 Å². The van der Waals surface area contributed by atoms with E-state index in [0.717, 1.165) is 35.5 Å². The molecule has 3 rings (SSSR count). The highest BCUT2D eigenvalue weighted by Crippen LogP contribution is 2.42. The Balaban J connectivity index is 1.78. The minimum atomic E-state index is -0.113. The zero-order chi connectivity index (χ0) is 19.9. The van der Waals surface area contributed by atoms with Crippen molar-refractivity contribution in [2.75, 3.05) is 22.6 Å². The summed E-state index contributed by atoms with van der Waals surface area (Å²) in [4.78, 5) is 26.4. The first-order valence-corrected chi connectivity index (χ1v) is 10.7. The van der Waals surface area contributed by atoms with Gasteiger partial charge in [0.15, 0.2) is 0 Å². The van der Waals surface area contributed by atoms with Gasteiger partial charge >= 0.3 is 0 Å². The molecule has 2 amide bonds. The van der Waals surface area contributed by atoms with Crippen LogP contribution >= 0.6 is 11.8 Å². The highest BCUT2D eigenvalue weighted by Gasteiger charge is 2.34. The number of anilines is 2. The van der Waals surface area contributed by atoms with Gasteiger partial charge in [-0.1, -0.05) is 25.5 Å². The van der Waals surface area contributed by atoms with Crippen LogP contribution in [0.25, 0.3) is 0 Å². The van der Waals surface area contributed by atoms with Gasteiger partial charge in [0, 0.05) is 17.8 Å². The number of benzene rings is 2. The van der Waals surface area contributed by atoms with E-state index >= 15 is 0 Å². The second-order valence-corrected chi connectivity index (χ2v) is 7.70. The number of hydrogen-bond acceptors (Lipinski definition) is 4. The molecular formula is C22H26N2O3S. The van der Waals surface area contributed by atoms with Crippen molar-refractivity contribution in [1.29, 1.82) is 0 Å². The van der Waals surface area contributed by atoms with Crippen LogP contribution < -0.4 is 15.0 Å². The lowest BCUT2D eigenvalue weighted by atomic mass is 10.1. The number of carbonyl (C=O) groups is 2. The number of rotatable bonds is 8. The average Bonchev–Trinajstić information content (AvgIpc) is 3.09. The van der Waals surface area contributed by atoms with E-state index in [1.165, 1.54) is 0 Å². The SMILES string of the molecule is CCCCC(=O)Nc1cccc(C2SCC(=O)N2c2ccc(OCC)cc2)c1. The Morgan fingerprint density at radius 3 is 2.71 bits per heavy atom. The van der Waals surface area contributed by atoms with Gasteiger partial charge < -0.3 is 10.1 Å². The molecule has 1 atom stereocenters. The van der Waals surface area contributed by atoms with Crippen LogP contribution in [0.4, 0.5) is 11.4 Å². The standard InChI is InChI=1S/C22H26N2O3S/c1-3-5-9-20(25)23-17-8-6-7-16(14-17)22-24(21(26)15-28-22)18-10-12-19(13-11-18)27-4-2/h6-8,10-14,22H,3-5,9,15H2,1-2H3,(H,23,25). The minimum Gasteiger partial charge on any atom is -0.494 e. The van der Waals surface area contributed by atoms with Gasteiger partial charge in [0.05, 0.1) is 12.4 Å². The highest BCUT2D eigenvalue weighted by atomic mass is 32.2. The maximum Gasteiger partial charge on any atom is 0.238 e. The molecule has 1 saturated heterocycles. The molecule has 28 heavy (non-hydrogen) atoms. The van der Waals surface area contributed by atoms with Gasteiger partial charge in [-0.25, -0.2) is 0 Å². The summed E-state index contributed by atoms with van der Waals surface area (Å²) < 4.78 is 5.49. The number of nitrogens with one attached hydrogen (secondary N) is 1. The predicted octanol–water partition coefficient (Wildman–Crippen LogP) is 4.99. The van der Waals surface area contributed by atoms with Gasteiger partial charge in [0.1, 0.15) is 11.1 Å². The first-order chi connectivity index (χ1) is 13.6. The summed E-state index contributed by atoms with van der Waals surface area (Å²) >= 11 is 1.59. The molecule has 0 saturated carbocycles. The molecule has 5 nitrogen and oxygen atoms in total. The first kappa shape index (κ1) is 20.3. The lowest BCUT2D eigenvalue weighted by molar-refractivity contribution is -0.116. The molecule has 6 heteroatoms. The number of ether oxygens (including phenoxy) is 1. The molecular weight excluding hydrogens is 372 g/mol. The van der Waals surface area contributed by atoms with E-state index in [0.29, 0.717) is 18.8 Å². The summed E-state index contributed by atoms with van der Waals surface area (Å²) in [5.74, 6) is 1.33. The molecule has 1 aliphatic heterocycles. The average molecular weight is 399 g/mol. The molecule has 1 aliphatic rings. The summed E-state index contributed by atoms with van der Waals surface area (Å²) in [5.41, 5.74) is 2.61. The van der Waals surface area contributed by atoms with Crippen molar-refractivity contribution in [3.63, 3.8) is 0 Å². The van der Waals surface area contributed by atoms with E-state index in [1.54, 1.807) is 11.8 Å². The third kappa shape index (κ3) is 4.87. The van der Waals surface area contributed by atoms with E-state index in [4.69, 9.17) is 4.74 Å². The van der Waals surface area contributed by atoms with Gasteiger partial charge in [-0.05, 0) is 55.3 Å². The molecule has 1 fully saturated rings. The zero-order valence-electron chi connectivity index (χ0n) is 16.3. The highest BCUT2D eigenvalue weighted by molar-refractivity contribution is 8.00. The van der Waals surface area contributed by atoms with Crippen LogP contribution in [0.5, 0.6) is 5.75 Å². The first-order valence-electron chi connectivity index (χ1n) is 9.68. The number of thioether (sulfide) groups is 1. The van der Waals surface area contributed by atoms with Crippen molar-refractivity contribution in [1.82, 2.24) is 0 Å². The topological polar surface area (TPSA) is 58.6 Å². The Bertz CT molecular complexity index is 823. The van der Waals surface area contributed by atoms with Gasteiger partial charge in [0.25, 0.3) is 0 Å². The van der Waals surface area contributed by atoms with E-state index in [2.05, 4.69) is 12.2 Å². The van der Waals surface area contributed by atoms with E-state index in [1.807, 2.05) is 60.4 Å². The normalized spacial score (nSPS) is 16.3. The predicted molar refractivity (Wildman–Crippen MR) is 115 cm³/mol. The second-order valence-electron chi connectivity index (χ2n) is 6.63. The van der Waals surface area contributed by atoms with E-state index in [9.17, 15) is 9.59 Å². The molecule has 2 aromatic carbocycles. The largest absolute Gasteiger partial charge is 0.494 e. The summed E-state index contributed by atoms with van der Waals surface area (Å²) in [7, 11) is 0. The maximum atomic E-state index is 12.6. The Morgan fingerprint density at radius 2 is 2.00 bits per heavy atom. The van der Waals surface area contributed by atoms with Crippen LogP contribution in [0.1, 0.15) is 44.0 Å². The van der Waals surface area contributed by atoms with Crippen molar-refractivity contribution in [2.24, 2.45) is 0 Å². The monoisotopic (exact) mass is 398 g/mol. The van der Waals surface area contributed by atoms with Crippen molar-refractivity contribution in [2.45, 2.75) is 38.5 Å². The molecule has 0 aromatic heterocycles. The van der Waals surface area contributed by atoms with Gasteiger partial charge in [0.2, 0.25) is 11.8 Å². The molecule has 148 valence electrons. The van der Waals surface area contributed by atoms with Crippen molar-refractivity contribution in [3.8, 4) is 5.75 Å². The molecule has 1 heterocycles. The van der Waals surface area contributed by atoms with Crippen LogP contribution in [0.2, 0.25) is 0 Å². The van der Waals surface area contributed by atoms with Gasteiger partial charge in [-0.15, -0.1) is 11.8 Å². The van der Waals surface area contributed by atoms with Crippen LogP contribution in [0.3, 0.4) is 0 Å². The third-order valence-corrected chi connectivity index (χ3v) is 5.72. The molecule has 0 spiro atoms.